The summed E-state index contributed by atoms with van der Waals surface area (Å²) < 4.78 is 62.9. The van der Waals surface area contributed by atoms with Gasteiger partial charge in [0, 0.05) is 99.1 Å². The predicted octanol–water partition coefficient (Wildman–Crippen LogP) is 6.82. The highest BCUT2D eigenvalue weighted by Crippen LogP contribution is 2.31. The second-order valence-electron chi connectivity index (χ2n) is 33.5. The van der Waals surface area contributed by atoms with Crippen molar-refractivity contribution >= 4 is 74.4 Å². The molecule has 0 saturated carbocycles. The molecule has 4 aliphatic rings. The quantitative estimate of drug-likeness (QED) is 0.0666. The van der Waals surface area contributed by atoms with Gasteiger partial charge in [-0.25, -0.2) is 42.1 Å². The first kappa shape index (κ1) is 95.0. The number of aryl methyl sites for hydroxylation is 4. The fraction of sp³-hybridized carbons (Fsp3) is 0.436. The smallest absolute Gasteiger partial charge is 0.339 e. The van der Waals surface area contributed by atoms with Crippen LogP contribution in [0.3, 0.4) is 0 Å². The lowest BCUT2D eigenvalue weighted by Crippen LogP contribution is -2.40. The average molecular weight is 1810 g/mol. The number of pyridine rings is 1. The highest BCUT2D eigenvalue weighted by molar-refractivity contribution is 5.90. The summed E-state index contributed by atoms with van der Waals surface area (Å²) in [7, 11) is 7.51. The number of anilines is 4. The minimum absolute atomic E-state index is 0.0319. The van der Waals surface area contributed by atoms with E-state index < -0.39 is 68.4 Å². The number of esters is 1. The summed E-state index contributed by atoms with van der Waals surface area (Å²) in [6, 6.07) is 14.5. The molecule has 0 spiro atoms. The number of imidazole rings is 4. The van der Waals surface area contributed by atoms with E-state index in [4.69, 9.17) is 19.7 Å². The molecule has 4 saturated heterocycles. The van der Waals surface area contributed by atoms with Crippen molar-refractivity contribution in [3.63, 3.8) is 0 Å². The number of nitriles is 3. The maximum atomic E-state index is 14.1. The van der Waals surface area contributed by atoms with Gasteiger partial charge in [-0.1, -0.05) is 63.5 Å². The van der Waals surface area contributed by atoms with Crippen molar-refractivity contribution in [1.82, 2.24) is 89.7 Å². The first-order chi connectivity index (χ1) is 63.9. The molecule has 0 N–H and O–H groups in total. The number of methoxy groups -OCH3 is 1. The molecule has 688 valence electrons. The van der Waals surface area contributed by atoms with Gasteiger partial charge in [-0.3, -0.25) is 84.0 Å². The van der Waals surface area contributed by atoms with Gasteiger partial charge in [0.1, 0.15) is 18.0 Å². The second kappa shape index (κ2) is 41.5. The summed E-state index contributed by atoms with van der Waals surface area (Å²) in [4.78, 5) is 159. The molecular formula is C94H101F3N26O10. The van der Waals surface area contributed by atoms with Crippen LogP contribution >= 0.6 is 0 Å². The van der Waals surface area contributed by atoms with Gasteiger partial charge in [-0.2, -0.15) is 35.7 Å². The molecular weight excluding hydrogens is 1710 g/mol. The Bertz CT molecular complexity index is 7530. The predicted molar refractivity (Wildman–Crippen MR) is 494 cm³/mol. The van der Waals surface area contributed by atoms with Gasteiger partial charge < -0.3 is 24.3 Å². The maximum absolute atomic E-state index is 14.1. The molecule has 4 fully saturated rings. The molecule has 4 atom stereocenters. The fourth-order valence-electron chi connectivity index (χ4n) is 17.4. The molecule has 2 aromatic carbocycles. The normalized spacial score (nSPS) is 15.8. The van der Waals surface area contributed by atoms with E-state index in [0.29, 0.717) is 69.8 Å². The van der Waals surface area contributed by atoms with Crippen molar-refractivity contribution in [3.8, 4) is 65.6 Å². The van der Waals surface area contributed by atoms with Crippen molar-refractivity contribution in [2.45, 2.75) is 159 Å². The van der Waals surface area contributed by atoms with Gasteiger partial charge in [0.05, 0.1) is 93.6 Å². The molecule has 0 amide bonds. The number of nitrogens with zero attached hydrogens (tertiary/aromatic N) is 26. The van der Waals surface area contributed by atoms with E-state index in [-0.39, 0.29) is 120 Å². The third-order valence-electron chi connectivity index (χ3n) is 24.2. The monoisotopic (exact) mass is 1810 g/mol. The van der Waals surface area contributed by atoms with E-state index in [1.54, 1.807) is 85.3 Å². The van der Waals surface area contributed by atoms with Crippen molar-refractivity contribution in [2.75, 3.05) is 79.1 Å². The molecule has 0 aliphatic carbocycles. The zero-order chi connectivity index (χ0) is 95.5. The summed E-state index contributed by atoms with van der Waals surface area (Å²) in [5, 5.41) is 28.0. The molecule has 10 aromatic heterocycles. The van der Waals surface area contributed by atoms with E-state index in [2.05, 4.69) is 115 Å². The lowest BCUT2D eigenvalue weighted by atomic mass is 10.0. The van der Waals surface area contributed by atoms with Crippen LogP contribution in [0.5, 0.6) is 0 Å². The largest absolute Gasteiger partial charge is 0.465 e. The second-order valence-corrected chi connectivity index (χ2v) is 33.5. The molecule has 133 heavy (non-hydrogen) atoms. The number of fused-ring (bicyclic) bond motifs is 4. The average Bonchev–Trinajstić information content (AvgIpc) is 1.61. The summed E-state index contributed by atoms with van der Waals surface area (Å²) in [6.45, 7) is 22.2. The zero-order valence-electron chi connectivity index (χ0n) is 76.4. The minimum atomic E-state index is -1.17. The minimum Gasteiger partial charge on any atom is -0.465 e. The first-order valence-electron chi connectivity index (χ1n) is 43.6. The van der Waals surface area contributed by atoms with Gasteiger partial charge in [-0.05, 0) is 144 Å². The van der Waals surface area contributed by atoms with Crippen molar-refractivity contribution in [2.24, 2.45) is 51.9 Å². The van der Waals surface area contributed by atoms with Crippen molar-refractivity contribution in [1.29, 1.82) is 15.8 Å². The summed E-state index contributed by atoms with van der Waals surface area (Å²) in [5.74, 6) is 24.3. The third kappa shape index (κ3) is 19.4. The van der Waals surface area contributed by atoms with E-state index in [9.17, 15) is 72.1 Å². The number of ether oxygens (including phenoxy) is 1. The molecule has 0 unspecified atom stereocenters. The lowest BCUT2D eigenvalue weighted by molar-refractivity contribution is 0.0598. The van der Waals surface area contributed by atoms with E-state index in [1.807, 2.05) is 12.1 Å². The van der Waals surface area contributed by atoms with Crippen LogP contribution in [0.2, 0.25) is 0 Å². The molecule has 39 heteroatoms. The number of aromatic nitrogens is 19. The number of carbonyl (C=O) groups excluding carboxylic acids is 1. The molecule has 12 aromatic rings. The Kier molecular flexibility index (Phi) is 29.6. The van der Waals surface area contributed by atoms with Gasteiger partial charge in [-0.15, -0.1) is 23.7 Å². The van der Waals surface area contributed by atoms with Crippen LogP contribution in [0.4, 0.5) is 37.0 Å². The van der Waals surface area contributed by atoms with E-state index in [0.717, 1.165) is 134 Å². The van der Waals surface area contributed by atoms with Crippen LogP contribution in [0.15, 0.2) is 99.4 Å². The van der Waals surface area contributed by atoms with Crippen LogP contribution in [0, 0.1) is 122 Å². The fourth-order valence-corrected chi connectivity index (χ4v) is 17.4. The molecule has 14 heterocycles. The zero-order valence-corrected chi connectivity index (χ0v) is 76.4. The highest BCUT2D eigenvalue weighted by Gasteiger charge is 2.33. The van der Waals surface area contributed by atoms with Gasteiger partial charge in [0.2, 0.25) is 23.8 Å². The molecule has 0 bridgehead atoms. The highest BCUT2D eigenvalue weighted by atomic mass is 19.2. The van der Waals surface area contributed by atoms with Crippen molar-refractivity contribution < 1.29 is 22.7 Å². The number of benzene rings is 2. The third-order valence-corrected chi connectivity index (χ3v) is 24.2. The van der Waals surface area contributed by atoms with Gasteiger partial charge in [0.25, 0.3) is 22.2 Å². The van der Waals surface area contributed by atoms with Crippen LogP contribution < -0.4 is 64.6 Å². The van der Waals surface area contributed by atoms with Crippen LogP contribution in [0.25, 0.3) is 44.7 Å². The number of rotatable bonds is 17. The lowest BCUT2D eigenvalue weighted by Gasteiger charge is -2.31. The van der Waals surface area contributed by atoms with Gasteiger partial charge in [0.15, 0.2) is 62.0 Å². The molecule has 4 aliphatic heterocycles. The number of hydrogen-bond acceptors (Lipinski definition) is 24. The molecule has 0 radical (unpaired) electrons. The Morgan fingerprint density at radius 1 is 0.414 bits per heavy atom. The van der Waals surface area contributed by atoms with Crippen molar-refractivity contribution in [3.05, 3.63) is 207 Å². The number of hydrogen-bond donors (Lipinski definition) is 0. The van der Waals surface area contributed by atoms with E-state index >= 15 is 0 Å². The summed E-state index contributed by atoms with van der Waals surface area (Å²) >= 11 is 0. The Morgan fingerprint density at radius 2 is 0.759 bits per heavy atom. The topological polar surface area (TPSA) is 397 Å². The maximum Gasteiger partial charge on any atom is 0.339 e. The Hall–Kier alpha value is -15.6. The van der Waals surface area contributed by atoms with Crippen LogP contribution in [0.1, 0.15) is 156 Å². The number of halogens is 3. The Balaban J connectivity index is 0.000000151. The Labute approximate surface area is 761 Å². The SMILES string of the molecule is CC#CCn1c(N2CCC[C@@H](C)C2)nc2c1c(=O)n(Cc1cc(F)c(F)cc1C#N)c(=O)n2C.CC#CCn1c(N2CCC[C@@H](C)C2)nc2c1c(=O)n(Cc1cccc(F)c1C#N)c(=O)n2C.CC#CCn1c(N2CCC[C@@H](C)C2)nc2c1c(=O)n(Cc1ncccc1C(=O)OC)c(=O)n2C.CC#CCn1c(N2CCC[C@@H](C)C2)nc2c1c(=O)n(Cc1nccnc1C#N)c(=O)n2C. The van der Waals surface area contributed by atoms with Gasteiger partial charge >= 0.3 is 28.7 Å². The summed E-state index contributed by atoms with van der Waals surface area (Å²) in [5.41, 5.74) is -1.47. The molecule has 16 rings (SSSR count). The van der Waals surface area contributed by atoms with Crippen LogP contribution in [-0.2, 0) is 85.3 Å². The Morgan fingerprint density at radius 3 is 1.11 bits per heavy atom. The van der Waals surface area contributed by atoms with E-state index in [1.165, 1.54) is 69.2 Å². The standard InChI is InChI=1S/C24H24F2N6O2.C24H25FN6O2.C24H28N6O4.C22H24N8O2/c1-4-5-9-31-20-21(28-23(31)30-8-6-7-15(2)13-30)29(3)24(34)32(22(20)33)14-17-11-19(26)18(25)10-16(17)12-27;1-4-5-12-30-20-21(27-23(30)29-11-7-8-16(2)14-29)28(3)24(33)31(22(20)32)15-17-9-6-10-19(25)18(17)13-26;1-5-6-13-29-19-20(26-23(29)28-12-8-9-16(2)14-28)27(3)24(33)30(21(19)31)15-18-17(22(32)34-4)10-7-11-25-18;1-4-5-11-29-18-19(26-21(29)28-10-6-7-15(2)13-28)27(3)22(32)30(20(18)31)14-17-16(12-23)24-8-9-25-17/h10-11,15H,6-9,13-14H2,1-3H3;6,9-10,16H,7-8,11-12,14-15H2,1-3H3;7,10-11,16H,8-9,12-15H2,1-4H3;8-9,15H,6-7,10-11,13-14H2,1-3H3/t15-;2*16-;15-/m1111/s1. The first-order valence-corrected chi connectivity index (χ1v) is 43.6. The summed E-state index contributed by atoms with van der Waals surface area (Å²) in [6.07, 6.45) is 12.9. The number of piperidine rings is 4. The number of carbonyl (C=O) groups is 1. The van der Waals surface area contributed by atoms with Crippen LogP contribution in [-0.4, -0.2) is 155 Å². The molecule has 36 nitrogen and oxygen atoms in total.